The highest BCUT2D eigenvalue weighted by atomic mass is 31.2. The Kier molecular flexibility index (Phi) is 36.1. The normalized spacial score (nSPS) is 19.5. The number of Topliss-reactive ketones (excluding diaryl/α,β-unsaturated/α-hetero) is 1. The Morgan fingerprint density at radius 1 is 0.331 bits per heavy atom. The van der Waals surface area contributed by atoms with E-state index in [0.29, 0.717) is 0 Å². The van der Waals surface area contributed by atoms with Crippen molar-refractivity contribution in [3.05, 3.63) is 371 Å². The molecule has 2 fully saturated rings. The smallest absolute Gasteiger partial charge is 0.333 e. The Bertz CT molecular complexity index is 4730. The number of benzene rings is 11. The molecule has 0 spiro atoms. The summed E-state index contributed by atoms with van der Waals surface area (Å²) in [6.45, 7) is 1.03. The molecule has 2 saturated heterocycles. The van der Waals surface area contributed by atoms with Gasteiger partial charge in [-0.15, -0.1) is 0 Å². The van der Waals surface area contributed by atoms with Crippen LogP contribution in [0.25, 0.3) is 10.8 Å². The summed E-state index contributed by atoms with van der Waals surface area (Å²) in [5, 5.41) is 2.19. The van der Waals surface area contributed by atoms with Crippen molar-refractivity contribution in [1.82, 2.24) is 0 Å². The number of fused-ring (bicyclic) bond motifs is 1. The van der Waals surface area contributed by atoms with Gasteiger partial charge in [0, 0.05) is 6.42 Å². The lowest BCUT2D eigenvalue weighted by molar-refractivity contribution is -0.214. The molecule has 19 nitrogen and oxygen atoms in total. The van der Waals surface area contributed by atoms with Gasteiger partial charge in [0.05, 0.1) is 112 Å². The summed E-state index contributed by atoms with van der Waals surface area (Å²) in [5.41, 5.74) is 8.50. The minimum atomic E-state index is -2.64. The maximum atomic E-state index is 18.7. The van der Waals surface area contributed by atoms with E-state index < -0.39 is 107 Å². The molecule has 22 heteroatoms. The van der Waals surface area contributed by atoms with E-state index in [4.69, 9.17) is 79.9 Å². The van der Waals surface area contributed by atoms with E-state index in [0.717, 1.165) is 66.4 Å². The van der Waals surface area contributed by atoms with Gasteiger partial charge in [-0.2, -0.15) is 0 Å². The van der Waals surface area contributed by atoms with Crippen LogP contribution in [0.2, 0.25) is 0 Å². The SMILES string of the molecule is CC(=O)CCC(=O)OC1C(COCc2ccccc2)OC(OCC(OCc2ccccc2)C(OCc2ccccc2)C(COP(OCc2ccccc2)OC2C(COCc3ccccc3)OC(OCC(OCc3ccccc3)C(OCc3ccccc3)C(COCc3ccc4ccccc4c3)OCc3ccccc3)C2F)OCc2ccccc2)C1F. The lowest BCUT2D eigenvalue weighted by Gasteiger charge is -2.35. The first-order valence-corrected chi connectivity index (χ1v) is 42.1. The summed E-state index contributed by atoms with van der Waals surface area (Å²) < 4.78 is 150. The summed E-state index contributed by atoms with van der Waals surface area (Å²) in [5.74, 6) is -1.02. The summed E-state index contributed by atoms with van der Waals surface area (Å²) in [6, 6.07) is 101. The topological polar surface area (TPSA) is 191 Å². The van der Waals surface area contributed by atoms with Gasteiger partial charge in [-0.3, -0.25) is 4.79 Å². The average molecular weight is 1670 g/mol. The van der Waals surface area contributed by atoms with Gasteiger partial charge in [0.1, 0.15) is 60.7 Å². The van der Waals surface area contributed by atoms with Crippen molar-refractivity contribution in [2.75, 3.05) is 39.6 Å². The Labute approximate surface area is 708 Å². The van der Waals surface area contributed by atoms with Crippen LogP contribution in [0.5, 0.6) is 0 Å². The lowest BCUT2D eigenvalue weighted by Crippen LogP contribution is -2.48. The molecule has 0 radical (unpaired) electrons. The summed E-state index contributed by atoms with van der Waals surface area (Å²) >= 11 is 0. The molecule has 2 aliphatic rings. The highest BCUT2D eigenvalue weighted by Gasteiger charge is 2.51. The summed E-state index contributed by atoms with van der Waals surface area (Å²) in [4.78, 5) is 25.4. The Balaban J connectivity index is 0.812. The van der Waals surface area contributed by atoms with Crippen molar-refractivity contribution in [2.45, 2.75) is 172 Å². The molecule has 0 aliphatic carbocycles. The van der Waals surface area contributed by atoms with Crippen molar-refractivity contribution in [3.8, 4) is 0 Å². The average Bonchev–Trinajstić information content (AvgIpc) is 1.69. The van der Waals surface area contributed by atoms with Gasteiger partial charge in [0.15, 0.2) is 31.0 Å². The van der Waals surface area contributed by atoms with Crippen LogP contribution in [0.1, 0.15) is 75.4 Å². The quantitative estimate of drug-likeness (QED) is 0.0258. The Morgan fingerprint density at radius 2 is 0.661 bits per heavy atom. The number of esters is 1. The standard InChI is InChI=1S/C99H105F2O19P/c1-72(102)51-54-91(103)119-96-89(67-104-56-73-31-11-2-12-32-73)117-98(92(96)100)113-70-87(109-61-77-39-19-6-20-40-77)95(112-64-80-45-25-9-26-46-80)88(110-62-78-41-21-7-22-42-78)71-116-121(115-65-81-47-27-10-28-48-81)120-97-90(68-105-57-74-33-13-3-14-34-74)118-99(93(97)101)114-69-86(108-60-76-37-17-5-18-38-76)94(111-63-79-43-23-8-24-44-79)85(107-59-75-35-15-4-16-36-75)66-106-58-82-52-53-83-49-29-30-50-84(83)55-82/h2-50,52-53,55,85-90,92-99H,51,54,56-71H2,1H3. The predicted molar refractivity (Wildman–Crippen MR) is 454 cm³/mol. The molecular formula is C99H105F2O19P. The second kappa shape index (κ2) is 48.9. The number of hydrogen-bond donors (Lipinski definition) is 0. The van der Waals surface area contributed by atoms with Crippen LogP contribution in [-0.2, 0) is 156 Å². The number of carbonyl (C=O) groups is 2. The zero-order chi connectivity index (χ0) is 83.3. The van der Waals surface area contributed by atoms with Crippen molar-refractivity contribution in [2.24, 2.45) is 0 Å². The number of rotatable bonds is 52. The first-order chi connectivity index (χ1) is 59.5. The summed E-state index contributed by atoms with van der Waals surface area (Å²) in [7, 11) is -2.64. The van der Waals surface area contributed by atoms with Crippen molar-refractivity contribution in [1.29, 1.82) is 0 Å². The zero-order valence-electron chi connectivity index (χ0n) is 67.8. The molecule has 0 aromatic heterocycles. The highest BCUT2D eigenvalue weighted by Crippen LogP contribution is 2.47. The minimum absolute atomic E-state index is 0.0106. The molecular weight excluding hydrogens is 1560 g/mol. The third kappa shape index (κ3) is 29.1. The van der Waals surface area contributed by atoms with Gasteiger partial charge in [0.25, 0.3) is 0 Å². The van der Waals surface area contributed by atoms with Gasteiger partial charge in [0.2, 0.25) is 0 Å². The number of hydrogen-bond acceptors (Lipinski definition) is 19. The Morgan fingerprint density at radius 3 is 1.07 bits per heavy atom. The lowest BCUT2D eigenvalue weighted by atomic mass is 10.1. The Hall–Kier alpha value is -9.53. The zero-order valence-corrected chi connectivity index (χ0v) is 68.7. The second-order valence-corrected chi connectivity index (χ2v) is 30.9. The van der Waals surface area contributed by atoms with E-state index in [9.17, 15) is 9.59 Å². The maximum Gasteiger partial charge on any atom is 0.333 e. The van der Waals surface area contributed by atoms with E-state index in [2.05, 4.69) is 30.3 Å². The molecule has 0 bridgehead atoms. The molecule has 11 aromatic carbocycles. The summed E-state index contributed by atoms with van der Waals surface area (Å²) in [6.07, 6.45) is -19.0. The van der Waals surface area contributed by atoms with Crippen LogP contribution in [-0.4, -0.2) is 137 Å². The minimum Gasteiger partial charge on any atom is -0.456 e. The number of ether oxygens (including phenoxy) is 14. The van der Waals surface area contributed by atoms with E-state index in [1.807, 2.05) is 285 Å². The molecule has 15 atom stereocenters. The molecule has 121 heavy (non-hydrogen) atoms. The van der Waals surface area contributed by atoms with Gasteiger partial charge in [-0.1, -0.05) is 309 Å². The predicted octanol–water partition coefficient (Wildman–Crippen LogP) is 18.6. The van der Waals surface area contributed by atoms with Crippen LogP contribution < -0.4 is 0 Å². The van der Waals surface area contributed by atoms with Crippen LogP contribution in [0.15, 0.2) is 315 Å². The number of ketones is 1. The highest BCUT2D eigenvalue weighted by molar-refractivity contribution is 7.41. The van der Waals surface area contributed by atoms with E-state index in [1.54, 1.807) is 0 Å². The maximum absolute atomic E-state index is 18.7. The van der Waals surface area contributed by atoms with Crippen LogP contribution in [0.3, 0.4) is 0 Å². The van der Waals surface area contributed by atoms with Crippen LogP contribution in [0.4, 0.5) is 8.78 Å². The molecule has 2 heterocycles. The van der Waals surface area contributed by atoms with Crippen molar-refractivity contribution in [3.63, 3.8) is 0 Å². The number of carbonyl (C=O) groups excluding carboxylic acids is 2. The molecule has 2 aliphatic heterocycles. The number of alkyl halides is 2. The second-order valence-electron chi connectivity index (χ2n) is 29.7. The third-order valence-corrected chi connectivity index (χ3v) is 21.6. The fraction of sp³-hybridized carbons (Fsp3) is 0.333. The fourth-order valence-corrected chi connectivity index (χ4v) is 15.1. The van der Waals surface area contributed by atoms with Crippen LogP contribution in [0, 0.1) is 0 Å². The molecule has 0 saturated carbocycles. The molecule has 13 rings (SSSR count). The third-order valence-electron chi connectivity index (χ3n) is 20.4. The van der Waals surface area contributed by atoms with E-state index in [-0.39, 0.29) is 118 Å². The molecule has 11 aromatic rings. The molecule has 634 valence electrons. The molecule has 0 amide bonds. The van der Waals surface area contributed by atoms with Crippen LogP contribution >= 0.6 is 8.60 Å². The van der Waals surface area contributed by atoms with Gasteiger partial charge >= 0.3 is 14.6 Å². The van der Waals surface area contributed by atoms with Gasteiger partial charge in [-0.05, 0) is 79.4 Å². The fourth-order valence-electron chi connectivity index (χ4n) is 13.9. The number of halogens is 2. The molecule has 15 unspecified atom stereocenters. The van der Waals surface area contributed by atoms with Crippen molar-refractivity contribution < 1.29 is 98.3 Å². The first-order valence-electron chi connectivity index (χ1n) is 41.1. The van der Waals surface area contributed by atoms with Gasteiger partial charge < -0.3 is 84.7 Å². The van der Waals surface area contributed by atoms with E-state index >= 15 is 8.78 Å². The largest absolute Gasteiger partial charge is 0.456 e. The van der Waals surface area contributed by atoms with Gasteiger partial charge in [-0.25, -0.2) is 8.78 Å². The molecule has 0 N–H and O–H groups in total. The first kappa shape index (κ1) is 89.2. The monoisotopic (exact) mass is 1670 g/mol. The van der Waals surface area contributed by atoms with Crippen molar-refractivity contribution >= 4 is 31.1 Å². The van der Waals surface area contributed by atoms with E-state index in [1.165, 1.54) is 6.92 Å².